The summed E-state index contributed by atoms with van der Waals surface area (Å²) in [6.45, 7) is -0.487. The molecule has 8 nitrogen and oxygen atoms in total. The van der Waals surface area contributed by atoms with Gasteiger partial charge in [-0.2, -0.15) is 4.31 Å². The van der Waals surface area contributed by atoms with E-state index in [9.17, 15) is 23.1 Å². The molecule has 0 bridgehead atoms. The molecule has 0 saturated heterocycles. The molecule has 3 rings (SSSR count). The quantitative estimate of drug-likeness (QED) is 0.656. The fraction of sp³-hybridized carbons (Fsp3) is 0.105. The fourth-order valence-corrected chi connectivity index (χ4v) is 4.00. The third kappa shape index (κ3) is 3.85. The third-order valence-electron chi connectivity index (χ3n) is 4.08. The Balaban J connectivity index is 1.83. The number of amides is 1. The van der Waals surface area contributed by atoms with Crippen LogP contribution in [0.25, 0.3) is 10.9 Å². The molecule has 1 amide bonds. The van der Waals surface area contributed by atoms with Crippen LogP contribution in [-0.2, 0) is 14.8 Å². The SMILES string of the molecule is CN(CC(=O)Nc1ccccc1C(=O)O)S(=O)(=O)c1cccc2cccnc12. The minimum Gasteiger partial charge on any atom is -0.478 e. The van der Waals surface area contributed by atoms with Crippen LogP contribution in [0.15, 0.2) is 65.7 Å². The van der Waals surface area contributed by atoms with Crippen LogP contribution in [-0.4, -0.2) is 48.3 Å². The second kappa shape index (κ2) is 7.75. The average molecular weight is 399 g/mol. The number of carboxylic acid groups (broad SMARTS) is 1. The van der Waals surface area contributed by atoms with Crippen molar-refractivity contribution in [2.75, 3.05) is 18.9 Å². The maximum absolute atomic E-state index is 12.9. The minimum absolute atomic E-state index is 0.00756. The minimum atomic E-state index is -3.99. The first-order valence-electron chi connectivity index (χ1n) is 8.23. The van der Waals surface area contributed by atoms with E-state index in [2.05, 4.69) is 10.3 Å². The van der Waals surface area contributed by atoms with Gasteiger partial charge in [0.1, 0.15) is 4.90 Å². The number of anilines is 1. The summed E-state index contributed by atoms with van der Waals surface area (Å²) < 4.78 is 26.7. The molecule has 0 aliphatic rings. The van der Waals surface area contributed by atoms with Crippen LogP contribution in [0.4, 0.5) is 5.69 Å². The summed E-state index contributed by atoms with van der Waals surface area (Å²) in [5.41, 5.74) is 0.325. The summed E-state index contributed by atoms with van der Waals surface area (Å²) in [7, 11) is -2.71. The van der Waals surface area contributed by atoms with Crippen molar-refractivity contribution >= 4 is 38.5 Å². The number of carbonyl (C=O) groups is 2. The summed E-state index contributed by atoms with van der Waals surface area (Å²) in [6.07, 6.45) is 1.50. The van der Waals surface area contributed by atoms with Gasteiger partial charge in [-0.15, -0.1) is 0 Å². The van der Waals surface area contributed by atoms with Crippen LogP contribution in [0.5, 0.6) is 0 Å². The Bertz CT molecular complexity index is 1160. The number of nitrogens with zero attached hydrogens (tertiary/aromatic N) is 2. The maximum atomic E-state index is 12.9. The Kier molecular flexibility index (Phi) is 5.39. The summed E-state index contributed by atoms with van der Waals surface area (Å²) in [5.74, 6) is -1.85. The molecule has 1 aromatic heterocycles. The number of aromatic carboxylic acids is 1. The number of nitrogens with one attached hydrogen (secondary N) is 1. The number of sulfonamides is 1. The molecule has 144 valence electrons. The molecule has 2 aromatic carbocycles. The number of likely N-dealkylation sites (N-methyl/N-ethyl adjacent to an activating group) is 1. The van der Waals surface area contributed by atoms with Gasteiger partial charge in [0.2, 0.25) is 15.9 Å². The first kappa shape index (κ1) is 19.5. The molecular formula is C19H17N3O5S. The zero-order chi connectivity index (χ0) is 20.3. The first-order chi connectivity index (χ1) is 13.3. The van der Waals surface area contributed by atoms with Gasteiger partial charge in [-0.05, 0) is 24.3 Å². The van der Waals surface area contributed by atoms with Gasteiger partial charge in [0.05, 0.1) is 23.3 Å². The number of pyridine rings is 1. The van der Waals surface area contributed by atoms with Gasteiger partial charge in [0.15, 0.2) is 0 Å². The predicted octanol–water partition coefficient (Wildman–Crippen LogP) is 2.19. The zero-order valence-corrected chi connectivity index (χ0v) is 15.7. The number of hydrogen-bond donors (Lipinski definition) is 2. The zero-order valence-electron chi connectivity index (χ0n) is 14.9. The predicted molar refractivity (Wildman–Crippen MR) is 104 cm³/mol. The number of aromatic nitrogens is 1. The second-order valence-corrected chi connectivity index (χ2v) is 8.00. The van der Waals surface area contributed by atoms with Crippen LogP contribution in [0, 0.1) is 0 Å². The number of carboxylic acids is 1. The maximum Gasteiger partial charge on any atom is 0.337 e. The summed E-state index contributed by atoms with van der Waals surface area (Å²) in [5, 5.41) is 12.3. The highest BCUT2D eigenvalue weighted by molar-refractivity contribution is 7.89. The summed E-state index contributed by atoms with van der Waals surface area (Å²) >= 11 is 0. The van der Waals surface area contributed by atoms with Crippen molar-refractivity contribution in [1.82, 2.24) is 9.29 Å². The van der Waals surface area contributed by atoms with E-state index in [4.69, 9.17) is 0 Å². The number of hydrogen-bond acceptors (Lipinski definition) is 5. The normalized spacial score (nSPS) is 11.5. The van der Waals surface area contributed by atoms with Gasteiger partial charge in [-0.3, -0.25) is 9.78 Å². The topological polar surface area (TPSA) is 117 Å². The van der Waals surface area contributed by atoms with Gasteiger partial charge in [0, 0.05) is 18.6 Å². The number of fused-ring (bicyclic) bond motifs is 1. The first-order valence-corrected chi connectivity index (χ1v) is 9.67. The molecule has 2 N–H and O–H groups in total. The van der Waals surface area contributed by atoms with E-state index >= 15 is 0 Å². The standard InChI is InChI=1S/C19H17N3O5S/c1-22(12-17(23)21-15-9-3-2-8-14(15)19(24)25)28(26,27)16-10-4-6-13-7-5-11-20-18(13)16/h2-11H,12H2,1H3,(H,21,23)(H,24,25). The molecule has 0 atom stereocenters. The lowest BCUT2D eigenvalue weighted by molar-refractivity contribution is -0.116. The number of para-hydroxylation sites is 2. The van der Waals surface area contributed by atoms with Crippen LogP contribution >= 0.6 is 0 Å². The van der Waals surface area contributed by atoms with Crippen molar-refractivity contribution in [2.24, 2.45) is 0 Å². The largest absolute Gasteiger partial charge is 0.478 e. The second-order valence-electron chi connectivity index (χ2n) is 5.99. The van der Waals surface area contributed by atoms with E-state index in [-0.39, 0.29) is 16.1 Å². The van der Waals surface area contributed by atoms with Crippen LogP contribution in [0.2, 0.25) is 0 Å². The highest BCUT2D eigenvalue weighted by Gasteiger charge is 2.26. The lowest BCUT2D eigenvalue weighted by atomic mass is 10.2. The van der Waals surface area contributed by atoms with E-state index < -0.39 is 28.4 Å². The average Bonchev–Trinajstić information content (AvgIpc) is 2.67. The van der Waals surface area contributed by atoms with Gasteiger partial charge < -0.3 is 10.4 Å². The van der Waals surface area contributed by atoms with E-state index in [0.717, 1.165) is 4.31 Å². The monoisotopic (exact) mass is 399 g/mol. The molecule has 0 saturated carbocycles. The van der Waals surface area contributed by atoms with Crippen molar-refractivity contribution < 1.29 is 23.1 Å². The fourth-order valence-electron chi connectivity index (χ4n) is 2.71. The highest BCUT2D eigenvalue weighted by Crippen LogP contribution is 2.23. The van der Waals surface area contributed by atoms with E-state index in [0.29, 0.717) is 10.9 Å². The Morgan fingerprint density at radius 1 is 1.07 bits per heavy atom. The number of rotatable bonds is 6. The molecule has 0 radical (unpaired) electrons. The smallest absolute Gasteiger partial charge is 0.337 e. The van der Waals surface area contributed by atoms with Crippen molar-refractivity contribution in [3.63, 3.8) is 0 Å². The molecule has 1 heterocycles. The molecule has 0 aliphatic carbocycles. The molecule has 0 spiro atoms. The summed E-state index contributed by atoms with van der Waals surface area (Å²) in [4.78, 5) is 27.7. The van der Waals surface area contributed by atoms with Crippen molar-refractivity contribution in [3.8, 4) is 0 Å². The summed E-state index contributed by atoms with van der Waals surface area (Å²) in [6, 6.07) is 14.1. The highest BCUT2D eigenvalue weighted by atomic mass is 32.2. The third-order valence-corrected chi connectivity index (χ3v) is 5.92. The lowest BCUT2D eigenvalue weighted by Crippen LogP contribution is -2.35. The molecule has 3 aromatic rings. The van der Waals surface area contributed by atoms with E-state index in [1.54, 1.807) is 30.3 Å². The van der Waals surface area contributed by atoms with Crippen molar-refractivity contribution in [2.45, 2.75) is 4.90 Å². The molecule has 9 heteroatoms. The van der Waals surface area contributed by atoms with Gasteiger partial charge >= 0.3 is 5.97 Å². The molecular weight excluding hydrogens is 382 g/mol. The molecule has 0 fully saturated rings. The van der Waals surface area contributed by atoms with Crippen LogP contribution in [0.3, 0.4) is 0 Å². The van der Waals surface area contributed by atoms with Gasteiger partial charge in [-0.25, -0.2) is 13.2 Å². The number of carbonyl (C=O) groups excluding carboxylic acids is 1. The van der Waals surface area contributed by atoms with Gasteiger partial charge in [0.25, 0.3) is 0 Å². The molecule has 28 heavy (non-hydrogen) atoms. The van der Waals surface area contributed by atoms with Gasteiger partial charge in [-0.1, -0.05) is 30.3 Å². The van der Waals surface area contributed by atoms with Crippen molar-refractivity contribution in [3.05, 3.63) is 66.4 Å². The molecule has 0 unspecified atom stereocenters. The Morgan fingerprint density at radius 2 is 1.79 bits per heavy atom. The van der Waals surface area contributed by atoms with E-state index in [1.807, 2.05) is 0 Å². The Morgan fingerprint density at radius 3 is 2.54 bits per heavy atom. The van der Waals surface area contributed by atoms with Crippen LogP contribution in [0.1, 0.15) is 10.4 Å². The van der Waals surface area contributed by atoms with E-state index in [1.165, 1.54) is 37.5 Å². The molecule has 0 aliphatic heterocycles. The number of benzene rings is 2. The Labute approximate surface area is 161 Å². The lowest BCUT2D eigenvalue weighted by Gasteiger charge is -2.18. The van der Waals surface area contributed by atoms with Crippen molar-refractivity contribution in [1.29, 1.82) is 0 Å². The van der Waals surface area contributed by atoms with Crippen LogP contribution < -0.4 is 5.32 Å². The Hall–Kier alpha value is -3.30.